The van der Waals surface area contributed by atoms with Gasteiger partial charge in [-0.2, -0.15) is 0 Å². The summed E-state index contributed by atoms with van der Waals surface area (Å²) >= 11 is 0. The van der Waals surface area contributed by atoms with Crippen LogP contribution in [-0.2, 0) is 19.5 Å². The Bertz CT molecular complexity index is 1460. The van der Waals surface area contributed by atoms with Crippen molar-refractivity contribution in [3.63, 3.8) is 0 Å². The standard InChI is InChI=1S/C42H65N5/c1-6-8-10-11-12-13-14-15-16-17-18-19-20-23-31-46(42(3,4)5)32-34-27-29-35(30-28-34)33-47-38(26-9-7-2)45-39-40(47)36-24-21-22-25-37(36)44-41(39)43/h21-22,24-25,27-30H,6-20,23,26,31-33H2,1-5H3,(H2,43,44). The maximum atomic E-state index is 6.44. The molecule has 0 unspecified atom stereocenters. The number of fused-ring (bicyclic) bond motifs is 3. The lowest BCUT2D eigenvalue weighted by atomic mass is 10.0. The van der Waals surface area contributed by atoms with Gasteiger partial charge in [0.1, 0.15) is 11.3 Å². The van der Waals surface area contributed by atoms with Gasteiger partial charge in [0.25, 0.3) is 0 Å². The summed E-state index contributed by atoms with van der Waals surface area (Å²) in [5.41, 5.74) is 12.1. The molecule has 0 aliphatic carbocycles. The highest BCUT2D eigenvalue weighted by atomic mass is 15.2. The van der Waals surface area contributed by atoms with E-state index >= 15 is 0 Å². The van der Waals surface area contributed by atoms with Gasteiger partial charge in [0, 0.05) is 30.4 Å². The normalized spacial score (nSPS) is 12.2. The second-order valence-corrected chi connectivity index (χ2v) is 14.9. The van der Waals surface area contributed by atoms with Crippen molar-refractivity contribution in [2.45, 2.75) is 162 Å². The molecule has 0 aliphatic rings. The number of benzene rings is 2. The molecular formula is C42H65N5. The monoisotopic (exact) mass is 640 g/mol. The topological polar surface area (TPSA) is 60.0 Å². The molecule has 2 aromatic carbocycles. The third-order valence-corrected chi connectivity index (χ3v) is 9.91. The van der Waals surface area contributed by atoms with E-state index in [0.717, 1.165) is 66.7 Å². The average Bonchev–Trinajstić information content (AvgIpc) is 3.42. The van der Waals surface area contributed by atoms with Crippen molar-refractivity contribution in [1.29, 1.82) is 0 Å². The number of nitrogens with zero attached hydrogens (tertiary/aromatic N) is 4. The van der Waals surface area contributed by atoms with Gasteiger partial charge in [-0.1, -0.05) is 146 Å². The van der Waals surface area contributed by atoms with Crippen molar-refractivity contribution in [3.8, 4) is 0 Å². The number of hydrogen-bond acceptors (Lipinski definition) is 4. The highest BCUT2D eigenvalue weighted by Gasteiger charge is 2.21. The van der Waals surface area contributed by atoms with E-state index in [1.54, 1.807) is 0 Å². The van der Waals surface area contributed by atoms with E-state index in [9.17, 15) is 0 Å². The van der Waals surface area contributed by atoms with Crippen LogP contribution in [0.3, 0.4) is 0 Å². The summed E-state index contributed by atoms with van der Waals surface area (Å²) < 4.78 is 2.39. The number of para-hydroxylation sites is 1. The molecule has 258 valence electrons. The van der Waals surface area contributed by atoms with Gasteiger partial charge in [-0.3, -0.25) is 4.90 Å². The summed E-state index contributed by atoms with van der Waals surface area (Å²) in [5.74, 6) is 1.62. The second-order valence-electron chi connectivity index (χ2n) is 14.9. The average molecular weight is 640 g/mol. The van der Waals surface area contributed by atoms with E-state index < -0.39 is 0 Å². The number of rotatable bonds is 22. The number of aromatic nitrogens is 3. The largest absolute Gasteiger partial charge is 0.382 e. The van der Waals surface area contributed by atoms with E-state index in [4.69, 9.17) is 10.7 Å². The molecule has 2 aromatic heterocycles. The zero-order valence-electron chi connectivity index (χ0n) is 30.6. The van der Waals surface area contributed by atoms with Gasteiger partial charge in [0.2, 0.25) is 0 Å². The Balaban J connectivity index is 1.28. The smallest absolute Gasteiger partial charge is 0.152 e. The fourth-order valence-electron chi connectivity index (χ4n) is 6.90. The van der Waals surface area contributed by atoms with Crippen LogP contribution in [0.2, 0.25) is 0 Å². The van der Waals surface area contributed by atoms with Crippen LogP contribution < -0.4 is 5.73 Å². The fraction of sp³-hybridized carbons (Fsp3) is 0.619. The first-order valence-corrected chi connectivity index (χ1v) is 19.2. The number of aryl methyl sites for hydroxylation is 1. The first-order valence-electron chi connectivity index (χ1n) is 19.2. The molecule has 0 atom stereocenters. The Kier molecular flexibility index (Phi) is 15.1. The van der Waals surface area contributed by atoms with Crippen molar-refractivity contribution in [2.24, 2.45) is 0 Å². The molecule has 0 saturated heterocycles. The molecule has 5 nitrogen and oxygen atoms in total. The first-order chi connectivity index (χ1) is 22.8. The van der Waals surface area contributed by atoms with Crippen molar-refractivity contribution >= 4 is 27.8 Å². The molecule has 2 N–H and O–H groups in total. The lowest BCUT2D eigenvalue weighted by molar-refractivity contribution is 0.124. The summed E-state index contributed by atoms with van der Waals surface area (Å²) in [6.07, 6.45) is 22.9. The van der Waals surface area contributed by atoms with Crippen LogP contribution in [-0.4, -0.2) is 31.5 Å². The molecule has 0 amide bonds. The summed E-state index contributed by atoms with van der Waals surface area (Å²) in [4.78, 5) is 12.4. The van der Waals surface area contributed by atoms with Gasteiger partial charge in [-0.15, -0.1) is 0 Å². The Morgan fingerprint density at radius 1 is 0.660 bits per heavy atom. The van der Waals surface area contributed by atoms with Gasteiger partial charge in [0.15, 0.2) is 5.82 Å². The van der Waals surface area contributed by atoms with Crippen LogP contribution in [0.4, 0.5) is 5.82 Å². The van der Waals surface area contributed by atoms with Crippen molar-refractivity contribution in [2.75, 3.05) is 12.3 Å². The molecular weight excluding hydrogens is 574 g/mol. The molecule has 5 heteroatoms. The predicted octanol–water partition coefficient (Wildman–Crippen LogP) is 11.6. The van der Waals surface area contributed by atoms with E-state index in [-0.39, 0.29) is 5.54 Å². The molecule has 47 heavy (non-hydrogen) atoms. The minimum Gasteiger partial charge on any atom is -0.382 e. The molecule has 0 spiro atoms. The van der Waals surface area contributed by atoms with Gasteiger partial charge in [-0.05, 0) is 57.4 Å². The summed E-state index contributed by atoms with van der Waals surface area (Å²) in [6, 6.07) is 17.6. The Labute approximate surface area is 286 Å². The van der Waals surface area contributed by atoms with Crippen molar-refractivity contribution in [1.82, 2.24) is 19.4 Å². The molecule has 2 heterocycles. The number of unbranched alkanes of at least 4 members (excludes halogenated alkanes) is 14. The van der Waals surface area contributed by atoms with Gasteiger partial charge < -0.3 is 10.3 Å². The van der Waals surface area contributed by atoms with Crippen LogP contribution in [0, 0.1) is 0 Å². The number of nitrogen functional groups attached to an aromatic ring is 1. The Hall–Kier alpha value is -2.92. The van der Waals surface area contributed by atoms with Crippen molar-refractivity contribution < 1.29 is 0 Å². The number of anilines is 1. The summed E-state index contributed by atoms with van der Waals surface area (Å²) in [5, 5.41) is 1.12. The lowest BCUT2D eigenvalue weighted by Gasteiger charge is -2.36. The van der Waals surface area contributed by atoms with E-state index in [0.29, 0.717) is 5.82 Å². The highest BCUT2D eigenvalue weighted by Crippen LogP contribution is 2.30. The van der Waals surface area contributed by atoms with Crippen molar-refractivity contribution in [3.05, 3.63) is 65.5 Å². The molecule has 4 rings (SSSR count). The molecule has 0 bridgehead atoms. The Morgan fingerprint density at radius 2 is 1.21 bits per heavy atom. The summed E-state index contributed by atoms with van der Waals surface area (Å²) in [6.45, 7) is 14.5. The minimum atomic E-state index is 0.147. The fourth-order valence-corrected chi connectivity index (χ4v) is 6.90. The van der Waals surface area contributed by atoms with E-state index in [1.807, 2.05) is 12.1 Å². The number of nitrogens with two attached hydrogens (primary N) is 1. The molecule has 0 fully saturated rings. The summed E-state index contributed by atoms with van der Waals surface area (Å²) in [7, 11) is 0. The third-order valence-electron chi connectivity index (χ3n) is 9.91. The van der Waals surface area contributed by atoms with Gasteiger partial charge in [0.05, 0.1) is 11.0 Å². The van der Waals surface area contributed by atoms with Crippen LogP contribution in [0.5, 0.6) is 0 Å². The second kappa shape index (κ2) is 19.2. The van der Waals surface area contributed by atoms with Gasteiger partial charge >= 0.3 is 0 Å². The van der Waals surface area contributed by atoms with Crippen LogP contribution >= 0.6 is 0 Å². The zero-order chi connectivity index (χ0) is 33.5. The maximum Gasteiger partial charge on any atom is 0.152 e. The van der Waals surface area contributed by atoms with E-state index in [1.165, 1.54) is 101 Å². The number of pyridine rings is 1. The van der Waals surface area contributed by atoms with E-state index in [2.05, 4.69) is 85.5 Å². The van der Waals surface area contributed by atoms with Crippen LogP contribution in [0.1, 0.15) is 154 Å². The number of hydrogen-bond donors (Lipinski definition) is 1. The lowest BCUT2D eigenvalue weighted by Crippen LogP contribution is -2.41. The Morgan fingerprint density at radius 3 is 1.81 bits per heavy atom. The predicted molar refractivity (Wildman–Crippen MR) is 204 cm³/mol. The molecule has 0 radical (unpaired) electrons. The quantitative estimate of drug-likeness (QED) is 0.0869. The van der Waals surface area contributed by atoms with Crippen LogP contribution in [0.25, 0.3) is 21.9 Å². The maximum absolute atomic E-state index is 6.44. The zero-order valence-corrected chi connectivity index (χ0v) is 30.6. The molecule has 0 saturated carbocycles. The molecule has 4 aromatic rings. The SMILES string of the molecule is CCCCCCCCCCCCCCCCN(Cc1ccc(Cn2c(CCCC)nc3c(N)nc4ccccc4c32)cc1)C(C)(C)C. The minimum absolute atomic E-state index is 0.147. The number of imidazole rings is 1. The highest BCUT2D eigenvalue weighted by molar-refractivity contribution is 6.06. The third kappa shape index (κ3) is 11.3. The van der Waals surface area contributed by atoms with Crippen LogP contribution in [0.15, 0.2) is 48.5 Å². The van der Waals surface area contributed by atoms with Gasteiger partial charge in [-0.25, -0.2) is 9.97 Å². The first kappa shape index (κ1) is 36.9. The molecule has 0 aliphatic heterocycles.